The van der Waals surface area contributed by atoms with E-state index in [4.69, 9.17) is 0 Å². The van der Waals surface area contributed by atoms with Gasteiger partial charge in [-0.2, -0.15) is 0 Å². The minimum Gasteiger partial charge on any atom is -0.314 e. The van der Waals surface area contributed by atoms with Crippen molar-refractivity contribution >= 4 is 0 Å². The van der Waals surface area contributed by atoms with Crippen LogP contribution >= 0.6 is 0 Å². The summed E-state index contributed by atoms with van der Waals surface area (Å²) in [5, 5.41) is 3.70. The van der Waals surface area contributed by atoms with E-state index in [1.807, 2.05) is 0 Å². The highest BCUT2D eigenvalue weighted by Gasteiger charge is 2.19. The highest BCUT2D eigenvalue weighted by atomic mass is 15.1. The van der Waals surface area contributed by atoms with Gasteiger partial charge in [0.2, 0.25) is 0 Å². The molecule has 20 heavy (non-hydrogen) atoms. The van der Waals surface area contributed by atoms with Crippen molar-refractivity contribution in [2.45, 2.75) is 45.6 Å². The summed E-state index contributed by atoms with van der Waals surface area (Å²) in [6.45, 7) is 11.8. The predicted molar refractivity (Wildman–Crippen MR) is 87.2 cm³/mol. The van der Waals surface area contributed by atoms with E-state index in [1.54, 1.807) is 0 Å². The van der Waals surface area contributed by atoms with Crippen LogP contribution in [0.15, 0.2) is 30.3 Å². The molecule has 1 N–H and O–H groups in total. The fourth-order valence-corrected chi connectivity index (χ4v) is 3.19. The topological polar surface area (TPSA) is 15.3 Å². The summed E-state index contributed by atoms with van der Waals surface area (Å²) >= 11 is 0. The minimum atomic E-state index is 0.621. The van der Waals surface area contributed by atoms with E-state index in [0.717, 1.165) is 12.5 Å². The molecule has 1 aliphatic heterocycles. The third-order valence-corrected chi connectivity index (χ3v) is 4.51. The average molecular weight is 274 g/mol. The summed E-state index contributed by atoms with van der Waals surface area (Å²) in [6, 6.07) is 11.6. The van der Waals surface area contributed by atoms with Crippen LogP contribution in [0.25, 0.3) is 0 Å². The summed E-state index contributed by atoms with van der Waals surface area (Å²) in [5.41, 5.74) is 1.47. The molecule has 2 nitrogen and oxygen atoms in total. The second-order valence-corrected chi connectivity index (χ2v) is 6.48. The normalized spacial score (nSPS) is 26.8. The van der Waals surface area contributed by atoms with Gasteiger partial charge in [0.05, 0.1) is 0 Å². The molecule has 0 saturated carbocycles. The SMILES string of the molecule is CCC1CCN(CC(C)c2ccccc2)CC(C)CN1. The van der Waals surface area contributed by atoms with Crippen LogP contribution in [0.5, 0.6) is 0 Å². The number of hydrogen-bond donors (Lipinski definition) is 1. The lowest BCUT2D eigenvalue weighted by Gasteiger charge is -2.33. The lowest BCUT2D eigenvalue weighted by atomic mass is 9.98. The lowest BCUT2D eigenvalue weighted by molar-refractivity contribution is 0.189. The van der Waals surface area contributed by atoms with Gasteiger partial charge in [0.1, 0.15) is 0 Å². The number of rotatable bonds is 4. The maximum absolute atomic E-state index is 3.70. The molecule has 1 saturated heterocycles. The van der Waals surface area contributed by atoms with Gasteiger partial charge in [-0.1, -0.05) is 51.1 Å². The third kappa shape index (κ3) is 4.60. The predicted octanol–water partition coefficient (Wildman–Crippen LogP) is 3.50. The number of benzene rings is 1. The highest BCUT2D eigenvalue weighted by molar-refractivity contribution is 5.19. The van der Waals surface area contributed by atoms with Gasteiger partial charge >= 0.3 is 0 Å². The average Bonchev–Trinajstić information content (AvgIpc) is 2.46. The number of nitrogens with zero attached hydrogens (tertiary/aromatic N) is 1. The molecule has 0 spiro atoms. The van der Waals surface area contributed by atoms with Gasteiger partial charge in [-0.25, -0.2) is 0 Å². The molecule has 3 atom stereocenters. The fraction of sp³-hybridized carbons (Fsp3) is 0.667. The minimum absolute atomic E-state index is 0.621. The standard InChI is InChI=1S/C18H30N2/c1-4-18-10-11-20(13-15(2)12-19-18)14-16(3)17-8-6-5-7-9-17/h5-9,15-16,18-19H,4,10-14H2,1-3H3. The van der Waals surface area contributed by atoms with Gasteiger partial charge in [-0.3, -0.25) is 0 Å². The molecule has 1 heterocycles. The Morgan fingerprint density at radius 1 is 1.30 bits per heavy atom. The molecule has 0 aliphatic carbocycles. The molecule has 1 fully saturated rings. The van der Waals surface area contributed by atoms with Crippen LogP contribution in [-0.2, 0) is 0 Å². The Morgan fingerprint density at radius 2 is 2.05 bits per heavy atom. The van der Waals surface area contributed by atoms with Gasteiger partial charge in [0.25, 0.3) is 0 Å². The van der Waals surface area contributed by atoms with Crippen LogP contribution in [0.2, 0.25) is 0 Å². The van der Waals surface area contributed by atoms with Crippen molar-refractivity contribution in [2.24, 2.45) is 5.92 Å². The second kappa shape index (κ2) is 7.80. The monoisotopic (exact) mass is 274 g/mol. The van der Waals surface area contributed by atoms with Crippen LogP contribution in [0.4, 0.5) is 0 Å². The van der Waals surface area contributed by atoms with E-state index < -0.39 is 0 Å². The van der Waals surface area contributed by atoms with Crippen LogP contribution in [-0.4, -0.2) is 37.1 Å². The Balaban J connectivity index is 1.92. The molecule has 2 heteroatoms. The molecular weight excluding hydrogens is 244 g/mol. The first-order valence-electron chi connectivity index (χ1n) is 8.19. The summed E-state index contributed by atoms with van der Waals surface area (Å²) in [5.74, 6) is 1.36. The molecule has 112 valence electrons. The molecule has 3 unspecified atom stereocenters. The number of hydrogen-bond acceptors (Lipinski definition) is 2. The van der Waals surface area contributed by atoms with Crippen LogP contribution in [0, 0.1) is 5.92 Å². The first-order chi connectivity index (χ1) is 9.69. The van der Waals surface area contributed by atoms with E-state index in [0.29, 0.717) is 12.0 Å². The van der Waals surface area contributed by atoms with Crippen LogP contribution in [0.3, 0.4) is 0 Å². The summed E-state index contributed by atoms with van der Waals surface area (Å²) in [4.78, 5) is 2.67. The van der Waals surface area contributed by atoms with E-state index in [2.05, 4.69) is 61.3 Å². The fourth-order valence-electron chi connectivity index (χ4n) is 3.19. The molecule has 1 aliphatic rings. The molecule has 0 amide bonds. The molecule has 0 bridgehead atoms. The Kier molecular flexibility index (Phi) is 6.06. The van der Waals surface area contributed by atoms with Crippen molar-refractivity contribution in [3.05, 3.63) is 35.9 Å². The summed E-state index contributed by atoms with van der Waals surface area (Å²) in [7, 11) is 0. The van der Waals surface area contributed by atoms with E-state index in [-0.39, 0.29) is 0 Å². The Morgan fingerprint density at radius 3 is 2.75 bits per heavy atom. The van der Waals surface area contributed by atoms with Crippen LogP contribution < -0.4 is 5.32 Å². The number of nitrogens with one attached hydrogen (secondary N) is 1. The zero-order valence-corrected chi connectivity index (χ0v) is 13.3. The molecule has 1 aromatic carbocycles. The van der Waals surface area contributed by atoms with E-state index in [9.17, 15) is 0 Å². The largest absolute Gasteiger partial charge is 0.314 e. The van der Waals surface area contributed by atoms with Crippen molar-refractivity contribution in [3.63, 3.8) is 0 Å². The van der Waals surface area contributed by atoms with E-state index in [1.165, 1.54) is 38.0 Å². The smallest absolute Gasteiger partial charge is 0.00767 e. The molecule has 2 rings (SSSR count). The third-order valence-electron chi connectivity index (χ3n) is 4.51. The molecule has 1 aromatic rings. The molecule has 0 aromatic heterocycles. The maximum atomic E-state index is 3.70. The molecular formula is C18H30N2. The van der Waals surface area contributed by atoms with Gasteiger partial charge in [0.15, 0.2) is 0 Å². The van der Waals surface area contributed by atoms with E-state index >= 15 is 0 Å². The van der Waals surface area contributed by atoms with Crippen molar-refractivity contribution in [3.8, 4) is 0 Å². The van der Waals surface area contributed by atoms with Crippen molar-refractivity contribution in [1.82, 2.24) is 10.2 Å². The molecule has 0 radical (unpaired) electrons. The quantitative estimate of drug-likeness (QED) is 0.904. The second-order valence-electron chi connectivity index (χ2n) is 6.48. The van der Waals surface area contributed by atoms with Gasteiger partial charge in [-0.05, 0) is 43.3 Å². The Labute approximate surface area is 124 Å². The zero-order chi connectivity index (χ0) is 14.4. The van der Waals surface area contributed by atoms with Crippen molar-refractivity contribution in [2.75, 3.05) is 26.2 Å². The van der Waals surface area contributed by atoms with Crippen molar-refractivity contribution < 1.29 is 0 Å². The first-order valence-corrected chi connectivity index (χ1v) is 8.19. The summed E-state index contributed by atoms with van der Waals surface area (Å²) < 4.78 is 0. The first kappa shape index (κ1) is 15.5. The van der Waals surface area contributed by atoms with Gasteiger partial charge in [0, 0.05) is 19.1 Å². The Bertz CT molecular complexity index is 376. The summed E-state index contributed by atoms with van der Waals surface area (Å²) in [6.07, 6.45) is 2.53. The van der Waals surface area contributed by atoms with Gasteiger partial charge < -0.3 is 10.2 Å². The van der Waals surface area contributed by atoms with Crippen LogP contribution in [0.1, 0.15) is 45.1 Å². The zero-order valence-electron chi connectivity index (χ0n) is 13.3. The lowest BCUT2D eigenvalue weighted by Crippen LogP contribution is -2.44. The van der Waals surface area contributed by atoms with Gasteiger partial charge in [-0.15, -0.1) is 0 Å². The Hall–Kier alpha value is -0.860. The maximum Gasteiger partial charge on any atom is 0.00767 e. The highest BCUT2D eigenvalue weighted by Crippen LogP contribution is 2.18. The van der Waals surface area contributed by atoms with Crippen molar-refractivity contribution in [1.29, 1.82) is 0 Å².